The SMILES string of the molecule is CCOC(=O)Nc1ccc2c(CN3CCN(C(=O)c4cc5ccccc5[nH]4)CC3)cc(=O)oc2c1. The maximum absolute atomic E-state index is 13.0. The van der Waals surface area contributed by atoms with Gasteiger partial charge >= 0.3 is 11.7 Å². The van der Waals surface area contributed by atoms with Crippen molar-refractivity contribution in [3.63, 3.8) is 0 Å². The molecule has 1 fully saturated rings. The van der Waals surface area contributed by atoms with E-state index in [-0.39, 0.29) is 12.5 Å². The largest absolute Gasteiger partial charge is 0.450 e. The van der Waals surface area contributed by atoms with Crippen LogP contribution in [0.4, 0.5) is 10.5 Å². The standard InChI is InChI=1S/C26H26N4O5/c1-2-34-26(33)27-19-7-8-20-18(14-24(31)35-23(20)15-19)16-29-9-11-30(12-10-29)25(32)22-13-17-5-3-4-6-21(17)28-22/h3-8,13-15,28H,2,9-12,16H2,1H3,(H,27,33). The maximum atomic E-state index is 13.0. The Balaban J connectivity index is 1.26. The zero-order valence-electron chi connectivity index (χ0n) is 19.4. The Kier molecular flexibility index (Phi) is 6.24. The number of hydrogen-bond acceptors (Lipinski definition) is 6. The number of carbonyl (C=O) groups is 2. The highest BCUT2D eigenvalue weighted by Crippen LogP contribution is 2.23. The van der Waals surface area contributed by atoms with Crippen LogP contribution in [0, 0.1) is 0 Å². The molecular formula is C26H26N4O5. The Bertz CT molecular complexity index is 1420. The number of rotatable bonds is 5. The van der Waals surface area contributed by atoms with Gasteiger partial charge in [0.2, 0.25) is 0 Å². The minimum Gasteiger partial charge on any atom is -0.450 e. The van der Waals surface area contributed by atoms with Crippen LogP contribution in [0.1, 0.15) is 23.0 Å². The number of carbonyl (C=O) groups excluding carboxylic acids is 2. The number of hydrogen-bond donors (Lipinski definition) is 2. The Hall–Kier alpha value is -4.11. The molecule has 0 unspecified atom stereocenters. The Labute approximate surface area is 201 Å². The van der Waals surface area contributed by atoms with Crippen molar-refractivity contribution >= 4 is 39.6 Å². The number of para-hydroxylation sites is 1. The molecule has 1 aliphatic rings. The Morgan fingerprint density at radius 2 is 1.86 bits per heavy atom. The lowest BCUT2D eigenvalue weighted by Gasteiger charge is -2.34. The predicted octanol–water partition coefficient (Wildman–Crippen LogP) is 3.80. The third kappa shape index (κ3) is 4.90. The number of ether oxygens (including phenoxy) is 1. The van der Waals surface area contributed by atoms with Crippen molar-refractivity contribution in [1.82, 2.24) is 14.8 Å². The van der Waals surface area contributed by atoms with Crippen LogP contribution in [0.5, 0.6) is 0 Å². The second-order valence-corrected chi connectivity index (χ2v) is 8.49. The molecule has 2 aromatic heterocycles. The molecule has 4 aromatic rings. The molecular weight excluding hydrogens is 448 g/mol. The molecule has 0 spiro atoms. The molecule has 0 aliphatic carbocycles. The summed E-state index contributed by atoms with van der Waals surface area (Å²) in [6.07, 6.45) is -0.565. The summed E-state index contributed by atoms with van der Waals surface area (Å²) in [5.74, 6) is -0.00622. The van der Waals surface area contributed by atoms with Crippen LogP contribution < -0.4 is 10.9 Å². The number of amides is 2. The maximum Gasteiger partial charge on any atom is 0.411 e. The van der Waals surface area contributed by atoms with Gasteiger partial charge in [0.25, 0.3) is 5.91 Å². The van der Waals surface area contributed by atoms with Gasteiger partial charge in [0.1, 0.15) is 11.3 Å². The molecule has 35 heavy (non-hydrogen) atoms. The lowest BCUT2D eigenvalue weighted by Crippen LogP contribution is -2.48. The van der Waals surface area contributed by atoms with Crippen LogP contribution >= 0.6 is 0 Å². The molecule has 9 heteroatoms. The first-order valence-corrected chi connectivity index (χ1v) is 11.6. The second-order valence-electron chi connectivity index (χ2n) is 8.49. The van der Waals surface area contributed by atoms with E-state index in [0.717, 1.165) is 21.9 Å². The molecule has 0 saturated carbocycles. The van der Waals surface area contributed by atoms with E-state index in [1.54, 1.807) is 19.1 Å². The van der Waals surface area contributed by atoms with E-state index in [4.69, 9.17) is 9.15 Å². The average molecular weight is 475 g/mol. The van der Waals surface area contributed by atoms with Gasteiger partial charge in [-0.2, -0.15) is 0 Å². The smallest absolute Gasteiger partial charge is 0.411 e. The fraction of sp³-hybridized carbons (Fsp3) is 0.269. The number of benzene rings is 2. The van der Waals surface area contributed by atoms with Gasteiger partial charge in [-0.15, -0.1) is 0 Å². The highest BCUT2D eigenvalue weighted by molar-refractivity contribution is 5.98. The molecule has 180 valence electrons. The fourth-order valence-corrected chi connectivity index (χ4v) is 4.43. The number of piperazine rings is 1. The highest BCUT2D eigenvalue weighted by atomic mass is 16.5. The van der Waals surface area contributed by atoms with Gasteiger partial charge < -0.3 is 19.0 Å². The molecule has 1 saturated heterocycles. The number of aromatic nitrogens is 1. The van der Waals surface area contributed by atoms with Gasteiger partial charge in [0, 0.05) is 66.8 Å². The molecule has 2 N–H and O–H groups in total. The zero-order valence-corrected chi connectivity index (χ0v) is 19.4. The van der Waals surface area contributed by atoms with Crippen LogP contribution in [0.25, 0.3) is 21.9 Å². The molecule has 2 aromatic carbocycles. The molecule has 3 heterocycles. The van der Waals surface area contributed by atoms with E-state index in [9.17, 15) is 14.4 Å². The predicted molar refractivity (Wildman–Crippen MR) is 133 cm³/mol. The number of fused-ring (bicyclic) bond motifs is 2. The van der Waals surface area contributed by atoms with E-state index in [1.165, 1.54) is 6.07 Å². The summed E-state index contributed by atoms with van der Waals surface area (Å²) < 4.78 is 10.3. The van der Waals surface area contributed by atoms with Gasteiger partial charge in [-0.25, -0.2) is 9.59 Å². The van der Waals surface area contributed by atoms with Crippen LogP contribution in [0.15, 0.2) is 63.8 Å². The van der Waals surface area contributed by atoms with Crippen molar-refractivity contribution in [2.24, 2.45) is 0 Å². The number of nitrogens with one attached hydrogen (secondary N) is 2. The second kappa shape index (κ2) is 9.63. The van der Waals surface area contributed by atoms with Crippen LogP contribution in [0.3, 0.4) is 0 Å². The van der Waals surface area contributed by atoms with E-state index < -0.39 is 11.7 Å². The van der Waals surface area contributed by atoms with Crippen LogP contribution in [-0.2, 0) is 11.3 Å². The lowest BCUT2D eigenvalue weighted by molar-refractivity contribution is 0.0624. The van der Waals surface area contributed by atoms with Crippen molar-refractivity contribution in [1.29, 1.82) is 0 Å². The Morgan fingerprint density at radius 1 is 1.06 bits per heavy atom. The number of H-pyrrole nitrogens is 1. The molecule has 1 aliphatic heterocycles. The monoisotopic (exact) mass is 474 g/mol. The van der Waals surface area contributed by atoms with Crippen LogP contribution in [0.2, 0.25) is 0 Å². The van der Waals surface area contributed by atoms with Crippen molar-refractivity contribution in [3.05, 3.63) is 76.3 Å². The summed E-state index contributed by atoms with van der Waals surface area (Å²) in [4.78, 5) is 44.2. The third-order valence-electron chi connectivity index (χ3n) is 6.17. The van der Waals surface area contributed by atoms with Gasteiger partial charge in [-0.1, -0.05) is 18.2 Å². The van der Waals surface area contributed by atoms with E-state index in [1.807, 2.05) is 41.3 Å². The zero-order chi connectivity index (χ0) is 24.4. The number of anilines is 1. The van der Waals surface area contributed by atoms with Gasteiger partial charge in [-0.3, -0.25) is 15.0 Å². The number of nitrogens with zero attached hydrogens (tertiary/aromatic N) is 2. The van der Waals surface area contributed by atoms with Crippen molar-refractivity contribution in [2.45, 2.75) is 13.5 Å². The van der Waals surface area contributed by atoms with Crippen LogP contribution in [-0.4, -0.2) is 59.6 Å². The van der Waals surface area contributed by atoms with Crippen molar-refractivity contribution in [2.75, 3.05) is 38.1 Å². The summed E-state index contributed by atoms with van der Waals surface area (Å²) in [6, 6.07) is 16.4. The third-order valence-corrected chi connectivity index (χ3v) is 6.17. The van der Waals surface area contributed by atoms with Gasteiger partial charge in [0.15, 0.2) is 0 Å². The minimum absolute atomic E-state index is 0.00622. The number of aromatic amines is 1. The van der Waals surface area contributed by atoms with Crippen molar-refractivity contribution < 1.29 is 18.7 Å². The summed E-state index contributed by atoms with van der Waals surface area (Å²) in [7, 11) is 0. The Morgan fingerprint density at radius 3 is 2.63 bits per heavy atom. The summed E-state index contributed by atoms with van der Waals surface area (Å²) in [5, 5.41) is 4.44. The first kappa shape index (κ1) is 22.7. The lowest BCUT2D eigenvalue weighted by atomic mass is 10.1. The highest BCUT2D eigenvalue weighted by Gasteiger charge is 2.24. The van der Waals surface area contributed by atoms with E-state index in [2.05, 4.69) is 15.2 Å². The van der Waals surface area contributed by atoms with E-state index >= 15 is 0 Å². The normalized spacial score (nSPS) is 14.4. The molecule has 9 nitrogen and oxygen atoms in total. The molecule has 0 atom stereocenters. The average Bonchev–Trinajstić information content (AvgIpc) is 3.28. The first-order valence-electron chi connectivity index (χ1n) is 11.6. The summed E-state index contributed by atoms with van der Waals surface area (Å²) >= 11 is 0. The van der Waals surface area contributed by atoms with Gasteiger partial charge in [0.05, 0.1) is 6.61 Å². The van der Waals surface area contributed by atoms with Gasteiger partial charge in [-0.05, 0) is 36.8 Å². The quantitative estimate of drug-likeness (QED) is 0.426. The first-order chi connectivity index (χ1) is 17.0. The minimum atomic E-state index is -0.565. The summed E-state index contributed by atoms with van der Waals surface area (Å²) in [6.45, 7) is 5.12. The van der Waals surface area contributed by atoms with E-state index in [0.29, 0.717) is 49.7 Å². The molecule has 2 amide bonds. The topological polar surface area (TPSA) is 108 Å². The fourth-order valence-electron chi connectivity index (χ4n) is 4.43. The molecule has 0 bridgehead atoms. The van der Waals surface area contributed by atoms with Crippen molar-refractivity contribution in [3.8, 4) is 0 Å². The summed E-state index contributed by atoms with van der Waals surface area (Å²) in [5.41, 5.74) is 2.82. The molecule has 5 rings (SSSR count). The molecule has 0 radical (unpaired) electrons.